The molecular weight excluding hydrogens is 556 g/mol. The third kappa shape index (κ3) is 4.68. The van der Waals surface area contributed by atoms with Gasteiger partial charge in [-0.3, -0.25) is 4.98 Å². The van der Waals surface area contributed by atoms with Gasteiger partial charge in [0.05, 0.1) is 16.7 Å². The summed E-state index contributed by atoms with van der Waals surface area (Å²) in [5.41, 5.74) is 11.0. The summed E-state index contributed by atoms with van der Waals surface area (Å²) in [6.07, 6.45) is 1.98. The van der Waals surface area contributed by atoms with Crippen LogP contribution in [0.15, 0.2) is 170 Å². The summed E-state index contributed by atoms with van der Waals surface area (Å²) in [5, 5.41) is 7.18. The summed E-state index contributed by atoms with van der Waals surface area (Å²) >= 11 is 0. The van der Waals surface area contributed by atoms with Crippen molar-refractivity contribution in [2.75, 3.05) is 0 Å². The number of hydrogen-bond donors (Lipinski definition) is 0. The molecule has 2 aromatic heterocycles. The van der Waals surface area contributed by atoms with Crippen LogP contribution in [-0.4, -0.2) is 9.97 Å². The van der Waals surface area contributed by atoms with E-state index in [1.807, 2.05) is 12.3 Å². The fourth-order valence-electron chi connectivity index (χ4n) is 6.60. The second kappa shape index (κ2) is 10.8. The van der Waals surface area contributed by atoms with Crippen molar-refractivity contribution in [2.45, 2.75) is 0 Å². The van der Waals surface area contributed by atoms with Crippen molar-refractivity contribution < 1.29 is 0 Å². The third-order valence-corrected chi connectivity index (χ3v) is 9.03. The minimum atomic E-state index is 0.962. The second-order valence-corrected chi connectivity index (χ2v) is 11.9. The zero-order valence-electron chi connectivity index (χ0n) is 25.1. The minimum Gasteiger partial charge on any atom is -0.256 e. The molecular formula is C44H28N2. The lowest BCUT2D eigenvalue weighted by Crippen LogP contribution is -1.92. The van der Waals surface area contributed by atoms with Gasteiger partial charge in [-0.1, -0.05) is 115 Å². The van der Waals surface area contributed by atoms with Crippen molar-refractivity contribution in [3.8, 4) is 44.6 Å². The largest absolute Gasteiger partial charge is 0.256 e. The van der Waals surface area contributed by atoms with Crippen LogP contribution in [0.3, 0.4) is 0 Å². The standard InChI is InChI=1S/C44H28N2/c1-3-10-31-22-34(18-16-29(31)8-1)35-20-21-43-41(26-35)40(27-44(46-43)38-19-17-30-9-2-4-11-32(30)24-38)36-14-7-13-33(23-36)39-25-37-12-5-6-15-42(37)45-28-39/h1-28H. The Labute approximate surface area is 267 Å². The molecule has 0 N–H and O–H groups in total. The summed E-state index contributed by atoms with van der Waals surface area (Å²) in [6.45, 7) is 0. The first-order valence-electron chi connectivity index (χ1n) is 15.6. The molecule has 0 spiro atoms. The number of nitrogens with zero attached hydrogens (tertiary/aromatic N) is 2. The van der Waals surface area contributed by atoms with E-state index in [2.05, 4.69) is 158 Å². The van der Waals surface area contributed by atoms with Crippen LogP contribution in [0.25, 0.3) is 88.0 Å². The molecule has 2 heterocycles. The van der Waals surface area contributed by atoms with Gasteiger partial charge >= 0.3 is 0 Å². The SMILES string of the molecule is c1cc(-c2cnc3ccccc3c2)cc(-c2cc(-c3ccc4ccccc4c3)nc3ccc(-c4ccc5ccccc5c4)cc23)c1. The van der Waals surface area contributed by atoms with Crippen molar-refractivity contribution in [1.82, 2.24) is 9.97 Å². The van der Waals surface area contributed by atoms with Crippen LogP contribution >= 0.6 is 0 Å². The molecule has 9 aromatic rings. The first-order valence-corrected chi connectivity index (χ1v) is 15.6. The van der Waals surface area contributed by atoms with Gasteiger partial charge in [0.25, 0.3) is 0 Å². The van der Waals surface area contributed by atoms with Crippen molar-refractivity contribution in [2.24, 2.45) is 0 Å². The molecule has 0 atom stereocenters. The highest BCUT2D eigenvalue weighted by Gasteiger charge is 2.13. The molecule has 0 bridgehead atoms. The number of rotatable bonds is 4. The van der Waals surface area contributed by atoms with Crippen molar-refractivity contribution in [3.05, 3.63) is 170 Å². The van der Waals surface area contributed by atoms with Crippen LogP contribution in [0.1, 0.15) is 0 Å². The number of benzene rings is 7. The van der Waals surface area contributed by atoms with Gasteiger partial charge in [-0.15, -0.1) is 0 Å². The first kappa shape index (κ1) is 26.3. The van der Waals surface area contributed by atoms with E-state index in [9.17, 15) is 0 Å². The first-order chi connectivity index (χ1) is 22.7. The zero-order chi connectivity index (χ0) is 30.5. The molecule has 0 saturated heterocycles. The molecule has 2 nitrogen and oxygen atoms in total. The average molecular weight is 585 g/mol. The van der Waals surface area contributed by atoms with Crippen molar-refractivity contribution in [3.63, 3.8) is 0 Å². The lowest BCUT2D eigenvalue weighted by molar-refractivity contribution is 1.40. The van der Waals surface area contributed by atoms with Gasteiger partial charge in [0.15, 0.2) is 0 Å². The van der Waals surface area contributed by atoms with E-state index in [1.54, 1.807) is 0 Å². The number of fused-ring (bicyclic) bond motifs is 4. The van der Waals surface area contributed by atoms with E-state index >= 15 is 0 Å². The molecule has 0 aliphatic heterocycles. The molecule has 7 aromatic carbocycles. The maximum Gasteiger partial charge on any atom is 0.0716 e. The molecule has 0 aliphatic rings. The summed E-state index contributed by atoms with van der Waals surface area (Å²) < 4.78 is 0. The quantitative estimate of drug-likeness (QED) is 0.206. The van der Waals surface area contributed by atoms with E-state index < -0.39 is 0 Å². The molecule has 0 aliphatic carbocycles. The van der Waals surface area contributed by atoms with Crippen molar-refractivity contribution >= 4 is 43.4 Å². The minimum absolute atomic E-state index is 0.962. The summed E-state index contributed by atoms with van der Waals surface area (Å²) in [4.78, 5) is 9.97. The number of pyridine rings is 2. The number of aromatic nitrogens is 2. The second-order valence-electron chi connectivity index (χ2n) is 11.9. The molecule has 0 saturated carbocycles. The number of para-hydroxylation sites is 1. The highest BCUT2D eigenvalue weighted by Crippen LogP contribution is 2.37. The fourth-order valence-corrected chi connectivity index (χ4v) is 6.60. The maximum atomic E-state index is 5.23. The molecule has 0 fully saturated rings. The predicted octanol–water partition coefficient (Wildman–Crippen LogP) is 11.8. The Bertz CT molecular complexity index is 2600. The lowest BCUT2D eigenvalue weighted by Gasteiger charge is -2.14. The molecule has 0 unspecified atom stereocenters. The Morgan fingerprint density at radius 1 is 0.326 bits per heavy atom. The average Bonchev–Trinajstić information content (AvgIpc) is 3.13. The van der Waals surface area contributed by atoms with Crippen LogP contribution in [0.5, 0.6) is 0 Å². The van der Waals surface area contributed by atoms with E-state index in [0.29, 0.717) is 0 Å². The van der Waals surface area contributed by atoms with Gasteiger partial charge in [-0.05, 0) is 97.9 Å². The fraction of sp³-hybridized carbons (Fsp3) is 0. The Kier molecular flexibility index (Phi) is 6.17. The molecule has 214 valence electrons. The lowest BCUT2D eigenvalue weighted by atomic mass is 9.93. The third-order valence-electron chi connectivity index (χ3n) is 9.03. The topological polar surface area (TPSA) is 25.8 Å². The van der Waals surface area contributed by atoms with Gasteiger partial charge in [0, 0.05) is 28.1 Å². The summed E-state index contributed by atoms with van der Waals surface area (Å²) in [5.74, 6) is 0. The zero-order valence-corrected chi connectivity index (χ0v) is 25.1. The smallest absolute Gasteiger partial charge is 0.0716 e. The summed E-state index contributed by atoms with van der Waals surface area (Å²) in [7, 11) is 0. The highest BCUT2D eigenvalue weighted by molar-refractivity contribution is 6.01. The molecule has 46 heavy (non-hydrogen) atoms. The van der Waals surface area contributed by atoms with E-state index in [4.69, 9.17) is 9.97 Å². The van der Waals surface area contributed by atoms with Crippen LogP contribution in [0, 0.1) is 0 Å². The van der Waals surface area contributed by atoms with Crippen LogP contribution in [0.2, 0.25) is 0 Å². The van der Waals surface area contributed by atoms with Gasteiger partial charge in [-0.25, -0.2) is 4.98 Å². The maximum absolute atomic E-state index is 5.23. The number of hydrogen-bond acceptors (Lipinski definition) is 2. The summed E-state index contributed by atoms with van der Waals surface area (Å²) in [6, 6.07) is 58.6. The Balaban J connectivity index is 1.24. The molecule has 9 rings (SSSR count). The van der Waals surface area contributed by atoms with Gasteiger partial charge in [0.2, 0.25) is 0 Å². The Morgan fingerprint density at radius 3 is 1.72 bits per heavy atom. The highest BCUT2D eigenvalue weighted by atomic mass is 14.7. The molecule has 0 radical (unpaired) electrons. The van der Waals surface area contributed by atoms with Crippen LogP contribution < -0.4 is 0 Å². The Morgan fingerprint density at radius 2 is 0.913 bits per heavy atom. The van der Waals surface area contributed by atoms with Gasteiger partial charge in [0.1, 0.15) is 0 Å². The Hall–Kier alpha value is -6.12. The molecule has 0 amide bonds. The predicted molar refractivity (Wildman–Crippen MR) is 194 cm³/mol. The van der Waals surface area contributed by atoms with Gasteiger partial charge < -0.3 is 0 Å². The van der Waals surface area contributed by atoms with Crippen molar-refractivity contribution in [1.29, 1.82) is 0 Å². The molecule has 2 heteroatoms. The van der Waals surface area contributed by atoms with E-state index in [-0.39, 0.29) is 0 Å². The normalized spacial score (nSPS) is 11.5. The van der Waals surface area contributed by atoms with E-state index in [0.717, 1.165) is 55.3 Å². The van der Waals surface area contributed by atoms with Crippen LogP contribution in [-0.2, 0) is 0 Å². The van der Waals surface area contributed by atoms with E-state index in [1.165, 1.54) is 32.7 Å². The monoisotopic (exact) mass is 584 g/mol. The van der Waals surface area contributed by atoms with Gasteiger partial charge in [-0.2, -0.15) is 0 Å². The van der Waals surface area contributed by atoms with Crippen LogP contribution in [0.4, 0.5) is 0 Å².